The van der Waals surface area contributed by atoms with Gasteiger partial charge in [-0.1, -0.05) is 25.1 Å². The molecule has 2 heteroatoms. The van der Waals surface area contributed by atoms with Crippen LogP contribution in [0.2, 0.25) is 0 Å². The summed E-state index contributed by atoms with van der Waals surface area (Å²) < 4.78 is 0. The second-order valence-corrected chi connectivity index (χ2v) is 4.76. The maximum Gasteiger partial charge on any atom is 0.133 e. The summed E-state index contributed by atoms with van der Waals surface area (Å²) in [5.74, 6) is 1.08. The molecule has 0 bridgehead atoms. The molecule has 0 spiro atoms. The zero-order valence-electron chi connectivity index (χ0n) is 10.8. The molecule has 0 radical (unpaired) electrons. The molecule has 1 aromatic carbocycles. The molecule has 2 aromatic rings. The van der Waals surface area contributed by atoms with Crippen LogP contribution in [0.5, 0.6) is 0 Å². The average Bonchev–Trinajstić information content (AvgIpc) is 2.47. The van der Waals surface area contributed by atoms with Crippen LogP contribution in [0.1, 0.15) is 24.5 Å². The number of fused-ring (bicyclic) bond motifs is 1. The fraction of sp³-hybridized carbons (Fsp3) is 0.312. The van der Waals surface area contributed by atoms with Crippen molar-refractivity contribution >= 4 is 11.5 Å². The summed E-state index contributed by atoms with van der Waals surface area (Å²) in [4.78, 5) is 6.88. The Morgan fingerprint density at radius 1 is 1.22 bits per heavy atom. The maximum atomic E-state index is 4.54. The normalized spacial score (nSPS) is 14.4. The van der Waals surface area contributed by atoms with Crippen molar-refractivity contribution in [3.63, 3.8) is 0 Å². The lowest BCUT2D eigenvalue weighted by Gasteiger charge is -2.30. The third kappa shape index (κ3) is 1.99. The molecule has 1 aliphatic heterocycles. The third-order valence-electron chi connectivity index (χ3n) is 3.60. The van der Waals surface area contributed by atoms with Crippen molar-refractivity contribution in [3.05, 3.63) is 53.7 Å². The molecule has 2 nitrogen and oxygen atoms in total. The molecule has 0 atom stereocenters. The quantitative estimate of drug-likeness (QED) is 0.792. The Balaban J connectivity index is 2.02. The number of aryl methyl sites for hydroxylation is 2. The van der Waals surface area contributed by atoms with Gasteiger partial charge in [-0.25, -0.2) is 4.98 Å². The topological polar surface area (TPSA) is 16.1 Å². The van der Waals surface area contributed by atoms with E-state index in [0.29, 0.717) is 0 Å². The summed E-state index contributed by atoms with van der Waals surface area (Å²) in [6, 6.07) is 13.0. The van der Waals surface area contributed by atoms with Gasteiger partial charge in [0.15, 0.2) is 0 Å². The first-order chi connectivity index (χ1) is 8.88. The van der Waals surface area contributed by atoms with Gasteiger partial charge in [-0.3, -0.25) is 0 Å². The van der Waals surface area contributed by atoms with E-state index < -0.39 is 0 Å². The van der Waals surface area contributed by atoms with Gasteiger partial charge in [0.05, 0.1) is 0 Å². The average molecular weight is 238 g/mol. The van der Waals surface area contributed by atoms with Gasteiger partial charge in [0.2, 0.25) is 0 Å². The Kier molecular flexibility index (Phi) is 3.01. The van der Waals surface area contributed by atoms with Crippen molar-refractivity contribution in [2.75, 3.05) is 11.4 Å². The van der Waals surface area contributed by atoms with E-state index in [1.807, 2.05) is 6.20 Å². The van der Waals surface area contributed by atoms with E-state index in [1.54, 1.807) is 0 Å². The van der Waals surface area contributed by atoms with Crippen molar-refractivity contribution in [2.45, 2.75) is 26.2 Å². The molecule has 0 saturated carbocycles. The number of nitrogens with zero attached hydrogens (tertiary/aromatic N) is 2. The van der Waals surface area contributed by atoms with Crippen molar-refractivity contribution in [1.29, 1.82) is 0 Å². The lowest BCUT2D eigenvalue weighted by Crippen LogP contribution is -2.25. The molecule has 0 amide bonds. The number of rotatable bonds is 2. The van der Waals surface area contributed by atoms with E-state index in [0.717, 1.165) is 18.8 Å². The van der Waals surface area contributed by atoms with Gasteiger partial charge in [0, 0.05) is 18.4 Å². The van der Waals surface area contributed by atoms with Gasteiger partial charge in [-0.05, 0) is 48.6 Å². The Hall–Kier alpha value is -1.83. The zero-order chi connectivity index (χ0) is 12.4. The van der Waals surface area contributed by atoms with Crippen LogP contribution in [0.4, 0.5) is 11.5 Å². The highest BCUT2D eigenvalue weighted by Gasteiger charge is 2.18. The Morgan fingerprint density at radius 3 is 3.00 bits per heavy atom. The van der Waals surface area contributed by atoms with E-state index in [1.165, 1.54) is 29.7 Å². The van der Waals surface area contributed by atoms with Crippen molar-refractivity contribution < 1.29 is 0 Å². The van der Waals surface area contributed by atoms with Crippen LogP contribution in [0.15, 0.2) is 42.6 Å². The zero-order valence-corrected chi connectivity index (χ0v) is 10.8. The van der Waals surface area contributed by atoms with Crippen LogP contribution < -0.4 is 4.90 Å². The number of hydrogen-bond acceptors (Lipinski definition) is 2. The summed E-state index contributed by atoms with van der Waals surface area (Å²) >= 11 is 0. The van der Waals surface area contributed by atoms with Gasteiger partial charge in [-0.2, -0.15) is 0 Å². The van der Waals surface area contributed by atoms with Crippen LogP contribution in [-0.4, -0.2) is 11.5 Å². The molecule has 0 saturated heterocycles. The minimum Gasteiger partial charge on any atom is -0.326 e. The fourth-order valence-corrected chi connectivity index (χ4v) is 2.60. The molecule has 2 heterocycles. The molecule has 1 aliphatic rings. The molecule has 1 aromatic heterocycles. The van der Waals surface area contributed by atoms with Gasteiger partial charge in [0.25, 0.3) is 0 Å². The monoisotopic (exact) mass is 238 g/mol. The van der Waals surface area contributed by atoms with Crippen LogP contribution in [0.3, 0.4) is 0 Å². The van der Waals surface area contributed by atoms with Gasteiger partial charge in [0.1, 0.15) is 5.82 Å². The SMILES string of the molecule is CCc1ccnc(N2CCCc3ccccc32)c1. The van der Waals surface area contributed by atoms with Crippen LogP contribution in [-0.2, 0) is 12.8 Å². The molecule has 0 unspecified atom stereocenters. The minimum absolute atomic E-state index is 1.06. The standard InChI is InChI=1S/C16H18N2/c1-2-13-9-10-17-16(12-13)18-11-5-7-14-6-3-4-8-15(14)18/h3-4,6,8-10,12H,2,5,7,11H2,1H3. The second kappa shape index (κ2) is 4.81. The molecular weight excluding hydrogens is 220 g/mol. The van der Waals surface area contributed by atoms with Crippen molar-refractivity contribution in [3.8, 4) is 0 Å². The maximum absolute atomic E-state index is 4.54. The number of benzene rings is 1. The van der Waals surface area contributed by atoms with Crippen LogP contribution >= 0.6 is 0 Å². The summed E-state index contributed by atoms with van der Waals surface area (Å²) in [6.07, 6.45) is 5.37. The van der Waals surface area contributed by atoms with E-state index in [9.17, 15) is 0 Å². The predicted octanol–water partition coefficient (Wildman–Crippen LogP) is 3.73. The number of hydrogen-bond donors (Lipinski definition) is 0. The van der Waals surface area contributed by atoms with E-state index >= 15 is 0 Å². The second-order valence-electron chi connectivity index (χ2n) is 4.76. The Morgan fingerprint density at radius 2 is 2.11 bits per heavy atom. The van der Waals surface area contributed by atoms with E-state index in [-0.39, 0.29) is 0 Å². The summed E-state index contributed by atoms with van der Waals surface area (Å²) in [5.41, 5.74) is 4.11. The molecular formula is C16H18N2. The number of anilines is 2. The predicted molar refractivity (Wildman–Crippen MR) is 75.4 cm³/mol. The summed E-state index contributed by atoms with van der Waals surface area (Å²) in [5, 5.41) is 0. The van der Waals surface area contributed by atoms with E-state index in [4.69, 9.17) is 0 Å². The van der Waals surface area contributed by atoms with Gasteiger partial charge < -0.3 is 4.90 Å². The highest BCUT2D eigenvalue weighted by atomic mass is 15.2. The lowest BCUT2D eigenvalue weighted by atomic mass is 10.0. The Labute approximate surface area is 108 Å². The van der Waals surface area contributed by atoms with Crippen molar-refractivity contribution in [2.24, 2.45) is 0 Å². The molecule has 0 N–H and O–H groups in total. The minimum atomic E-state index is 1.06. The molecule has 3 rings (SSSR count). The largest absolute Gasteiger partial charge is 0.326 e. The third-order valence-corrected chi connectivity index (χ3v) is 3.60. The summed E-state index contributed by atoms with van der Waals surface area (Å²) in [6.45, 7) is 3.25. The number of pyridine rings is 1. The Bertz CT molecular complexity index is 548. The molecule has 18 heavy (non-hydrogen) atoms. The first-order valence-electron chi connectivity index (χ1n) is 6.69. The number of para-hydroxylation sites is 1. The smallest absolute Gasteiger partial charge is 0.133 e. The first-order valence-corrected chi connectivity index (χ1v) is 6.69. The molecule has 92 valence electrons. The lowest BCUT2D eigenvalue weighted by molar-refractivity contribution is 0.759. The fourth-order valence-electron chi connectivity index (χ4n) is 2.60. The van der Waals surface area contributed by atoms with E-state index in [2.05, 4.69) is 53.2 Å². The highest BCUT2D eigenvalue weighted by Crippen LogP contribution is 2.32. The van der Waals surface area contributed by atoms with Gasteiger partial charge >= 0.3 is 0 Å². The number of aromatic nitrogens is 1. The van der Waals surface area contributed by atoms with Crippen molar-refractivity contribution in [1.82, 2.24) is 4.98 Å². The van der Waals surface area contributed by atoms with Crippen LogP contribution in [0, 0.1) is 0 Å². The van der Waals surface area contributed by atoms with Crippen LogP contribution in [0.25, 0.3) is 0 Å². The first kappa shape index (κ1) is 11.3. The highest BCUT2D eigenvalue weighted by molar-refractivity contribution is 5.65. The van der Waals surface area contributed by atoms with Gasteiger partial charge in [-0.15, -0.1) is 0 Å². The molecule has 0 fully saturated rings. The summed E-state index contributed by atoms with van der Waals surface area (Å²) in [7, 11) is 0. The molecule has 0 aliphatic carbocycles.